The molecule has 1 aromatic rings. The smallest absolute Gasteiger partial charge is 0.118 e. The summed E-state index contributed by atoms with van der Waals surface area (Å²) in [4.78, 5) is 0. The van der Waals surface area contributed by atoms with Crippen LogP contribution in [0.15, 0.2) is 24.3 Å². The molecule has 3 heteroatoms. The number of rotatable bonds is 2. The summed E-state index contributed by atoms with van der Waals surface area (Å²) in [6.45, 7) is 6.21. The molecule has 0 radical (unpaired) electrons. The molecule has 1 heterocycles. The molecule has 0 aliphatic carbocycles. The summed E-state index contributed by atoms with van der Waals surface area (Å²) in [5, 5.41) is 3.52. The maximum absolute atomic E-state index is 5.98. The third-order valence-electron chi connectivity index (χ3n) is 3.25. The Kier molecular flexibility index (Phi) is 4.02. The van der Waals surface area contributed by atoms with E-state index in [-0.39, 0.29) is 6.10 Å². The number of hydrogen-bond acceptors (Lipinski definition) is 3. The molecule has 0 amide bonds. The average molecular weight is 235 g/mol. The number of methoxy groups -OCH3 is 1. The van der Waals surface area contributed by atoms with Gasteiger partial charge in [-0.15, -0.1) is 0 Å². The van der Waals surface area contributed by atoms with Gasteiger partial charge in [0.15, 0.2) is 0 Å². The van der Waals surface area contributed by atoms with Crippen molar-refractivity contribution in [3.05, 3.63) is 29.8 Å². The molecule has 2 rings (SSSR count). The highest BCUT2D eigenvalue weighted by Crippen LogP contribution is 2.26. The molecule has 3 nitrogen and oxygen atoms in total. The van der Waals surface area contributed by atoms with Gasteiger partial charge in [0.25, 0.3) is 0 Å². The summed E-state index contributed by atoms with van der Waals surface area (Å²) in [6, 6.07) is 8.47. The molecule has 1 fully saturated rings. The molecule has 94 valence electrons. The van der Waals surface area contributed by atoms with E-state index < -0.39 is 0 Å². The van der Waals surface area contributed by atoms with E-state index >= 15 is 0 Å². The monoisotopic (exact) mass is 235 g/mol. The zero-order chi connectivity index (χ0) is 12.3. The predicted octanol–water partition coefficient (Wildman–Crippen LogP) is 2.38. The third-order valence-corrected chi connectivity index (χ3v) is 3.25. The summed E-state index contributed by atoms with van der Waals surface area (Å²) in [7, 11) is 1.68. The first-order valence-corrected chi connectivity index (χ1v) is 6.19. The lowest BCUT2D eigenvalue weighted by Crippen LogP contribution is -2.32. The van der Waals surface area contributed by atoms with Crippen LogP contribution in [0, 0.1) is 5.92 Å². The standard InChI is InChI=1S/C14H21NO2/c1-10-8-15-11(2)14(17-9-10)12-4-6-13(16-3)7-5-12/h4-7,10-11,14-15H,8-9H2,1-3H3. The maximum atomic E-state index is 5.98. The number of benzene rings is 1. The number of ether oxygens (including phenoxy) is 2. The molecular formula is C14H21NO2. The van der Waals surface area contributed by atoms with Crippen LogP contribution >= 0.6 is 0 Å². The Morgan fingerprint density at radius 3 is 2.59 bits per heavy atom. The Bertz CT molecular complexity index is 350. The molecule has 1 aliphatic rings. The van der Waals surface area contributed by atoms with Crippen LogP contribution in [0.2, 0.25) is 0 Å². The van der Waals surface area contributed by atoms with Crippen LogP contribution in [0.3, 0.4) is 0 Å². The van der Waals surface area contributed by atoms with Crippen LogP contribution in [-0.4, -0.2) is 26.3 Å². The maximum Gasteiger partial charge on any atom is 0.118 e. The van der Waals surface area contributed by atoms with Crippen molar-refractivity contribution in [2.24, 2.45) is 5.92 Å². The highest BCUT2D eigenvalue weighted by Gasteiger charge is 2.24. The Morgan fingerprint density at radius 2 is 1.94 bits per heavy atom. The van der Waals surface area contributed by atoms with Crippen LogP contribution in [0.25, 0.3) is 0 Å². The van der Waals surface area contributed by atoms with E-state index in [1.807, 2.05) is 12.1 Å². The second-order valence-electron chi connectivity index (χ2n) is 4.83. The van der Waals surface area contributed by atoms with Gasteiger partial charge in [-0.05, 0) is 30.5 Å². The number of hydrogen-bond donors (Lipinski definition) is 1. The van der Waals surface area contributed by atoms with Crippen molar-refractivity contribution in [2.75, 3.05) is 20.3 Å². The zero-order valence-electron chi connectivity index (χ0n) is 10.8. The van der Waals surface area contributed by atoms with Gasteiger partial charge in [-0.2, -0.15) is 0 Å². The van der Waals surface area contributed by atoms with E-state index in [2.05, 4.69) is 31.3 Å². The Labute approximate surface area is 103 Å². The first-order valence-electron chi connectivity index (χ1n) is 6.19. The van der Waals surface area contributed by atoms with Gasteiger partial charge in [-0.1, -0.05) is 19.1 Å². The van der Waals surface area contributed by atoms with E-state index in [0.29, 0.717) is 12.0 Å². The fourth-order valence-corrected chi connectivity index (χ4v) is 2.14. The normalized spacial score (nSPS) is 29.7. The summed E-state index contributed by atoms with van der Waals surface area (Å²) >= 11 is 0. The molecule has 1 aromatic carbocycles. The quantitative estimate of drug-likeness (QED) is 0.853. The van der Waals surface area contributed by atoms with Crippen molar-refractivity contribution in [3.63, 3.8) is 0 Å². The van der Waals surface area contributed by atoms with Crippen molar-refractivity contribution in [1.82, 2.24) is 5.32 Å². The second-order valence-corrected chi connectivity index (χ2v) is 4.83. The molecular weight excluding hydrogens is 214 g/mol. The highest BCUT2D eigenvalue weighted by atomic mass is 16.5. The summed E-state index contributed by atoms with van der Waals surface area (Å²) in [5.41, 5.74) is 1.21. The minimum absolute atomic E-state index is 0.130. The lowest BCUT2D eigenvalue weighted by molar-refractivity contribution is 0.0337. The Morgan fingerprint density at radius 1 is 1.24 bits per heavy atom. The summed E-state index contributed by atoms with van der Waals surface area (Å²) in [5.74, 6) is 1.46. The Hall–Kier alpha value is -1.06. The molecule has 0 aromatic heterocycles. The topological polar surface area (TPSA) is 30.5 Å². The van der Waals surface area contributed by atoms with Crippen molar-refractivity contribution in [1.29, 1.82) is 0 Å². The van der Waals surface area contributed by atoms with Gasteiger partial charge in [-0.3, -0.25) is 0 Å². The molecule has 17 heavy (non-hydrogen) atoms. The van der Waals surface area contributed by atoms with Crippen LogP contribution in [0.4, 0.5) is 0 Å². The highest BCUT2D eigenvalue weighted by molar-refractivity contribution is 5.29. The first-order chi connectivity index (χ1) is 8.20. The molecule has 1 N–H and O–H groups in total. The molecule has 0 bridgehead atoms. The van der Waals surface area contributed by atoms with E-state index in [4.69, 9.17) is 9.47 Å². The van der Waals surface area contributed by atoms with Crippen LogP contribution in [0.1, 0.15) is 25.5 Å². The zero-order valence-corrected chi connectivity index (χ0v) is 10.8. The third kappa shape index (κ3) is 2.99. The summed E-state index contributed by atoms with van der Waals surface area (Å²) < 4.78 is 11.2. The molecule has 0 spiro atoms. The van der Waals surface area contributed by atoms with Crippen molar-refractivity contribution < 1.29 is 9.47 Å². The van der Waals surface area contributed by atoms with Gasteiger partial charge in [-0.25, -0.2) is 0 Å². The molecule has 1 aliphatic heterocycles. The minimum atomic E-state index is 0.130. The number of nitrogens with one attached hydrogen (secondary N) is 1. The van der Waals surface area contributed by atoms with Gasteiger partial charge in [0.1, 0.15) is 5.75 Å². The summed E-state index contributed by atoms with van der Waals surface area (Å²) in [6.07, 6.45) is 0.130. The van der Waals surface area contributed by atoms with Crippen molar-refractivity contribution in [2.45, 2.75) is 26.0 Å². The van der Waals surface area contributed by atoms with Crippen LogP contribution in [0.5, 0.6) is 5.75 Å². The molecule has 3 atom stereocenters. The molecule has 0 saturated carbocycles. The van der Waals surface area contributed by atoms with Crippen molar-refractivity contribution in [3.8, 4) is 5.75 Å². The second kappa shape index (κ2) is 5.52. The lowest BCUT2D eigenvalue weighted by atomic mass is 10.0. The van der Waals surface area contributed by atoms with E-state index in [0.717, 1.165) is 18.9 Å². The van der Waals surface area contributed by atoms with Gasteiger partial charge in [0, 0.05) is 12.6 Å². The molecule has 1 saturated heterocycles. The van der Waals surface area contributed by atoms with Gasteiger partial charge in [0.2, 0.25) is 0 Å². The predicted molar refractivity (Wildman–Crippen MR) is 68.3 cm³/mol. The van der Waals surface area contributed by atoms with E-state index in [1.165, 1.54) is 5.56 Å². The van der Waals surface area contributed by atoms with E-state index in [1.54, 1.807) is 7.11 Å². The minimum Gasteiger partial charge on any atom is -0.497 e. The largest absolute Gasteiger partial charge is 0.497 e. The fourth-order valence-electron chi connectivity index (χ4n) is 2.14. The van der Waals surface area contributed by atoms with Crippen LogP contribution in [-0.2, 0) is 4.74 Å². The Balaban J connectivity index is 2.13. The fraction of sp³-hybridized carbons (Fsp3) is 0.571. The van der Waals surface area contributed by atoms with Gasteiger partial charge >= 0.3 is 0 Å². The SMILES string of the molecule is COc1ccc(C2OCC(C)CNC2C)cc1. The van der Waals surface area contributed by atoms with E-state index in [9.17, 15) is 0 Å². The van der Waals surface area contributed by atoms with Crippen LogP contribution < -0.4 is 10.1 Å². The molecule has 3 unspecified atom stereocenters. The average Bonchev–Trinajstić information content (AvgIpc) is 2.52. The van der Waals surface area contributed by atoms with Crippen molar-refractivity contribution >= 4 is 0 Å². The first kappa shape index (κ1) is 12.4. The lowest BCUT2D eigenvalue weighted by Gasteiger charge is -2.22. The van der Waals surface area contributed by atoms with Gasteiger partial charge in [0.05, 0.1) is 19.8 Å². The van der Waals surface area contributed by atoms with Gasteiger partial charge < -0.3 is 14.8 Å².